The van der Waals surface area contributed by atoms with E-state index in [1.807, 2.05) is 11.8 Å². The van der Waals surface area contributed by atoms with E-state index in [0.717, 1.165) is 18.7 Å². The molecule has 0 bridgehead atoms. The highest BCUT2D eigenvalue weighted by atomic mass is 35.5. The highest BCUT2D eigenvalue weighted by Gasteiger charge is 2.27. The van der Waals surface area contributed by atoms with Gasteiger partial charge in [0.1, 0.15) is 15.7 Å². The molecule has 0 saturated carbocycles. The standard InChI is InChI=1S/C19H23ClFN3OS/c1-11(2)23-7-9-24(10-8-23)19(25)17-13(4)22-18(26-17)15-14(21)6-5-12(3)16(15)20/h5-6,11H,7-10H2,1-4H3. The minimum atomic E-state index is -0.418. The van der Waals surface area contributed by atoms with E-state index in [-0.39, 0.29) is 11.5 Å². The Kier molecular flexibility index (Phi) is 5.65. The maximum Gasteiger partial charge on any atom is 0.265 e. The first-order valence-corrected chi connectivity index (χ1v) is 9.94. The molecule has 1 saturated heterocycles. The molecule has 1 aromatic carbocycles. The Balaban J connectivity index is 1.86. The van der Waals surface area contributed by atoms with Gasteiger partial charge in [0.15, 0.2) is 0 Å². The van der Waals surface area contributed by atoms with E-state index in [2.05, 4.69) is 23.7 Å². The minimum absolute atomic E-state index is 0.0289. The van der Waals surface area contributed by atoms with E-state index in [0.29, 0.717) is 39.7 Å². The summed E-state index contributed by atoms with van der Waals surface area (Å²) in [4.78, 5) is 22.1. The van der Waals surface area contributed by atoms with Gasteiger partial charge in [-0.3, -0.25) is 9.69 Å². The summed E-state index contributed by atoms with van der Waals surface area (Å²) in [5.74, 6) is -0.447. The van der Waals surface area contributed by atoms with Crippen LogP contribution in [0.15, 0.2) is 12.1 Å². The predicted octanol–water partition coefficient (Wildman–Crippen LogP) is 4.39. The van der Waals surface area contributed by atoms with Crippen molar-refractivity contribution < 1.29 is 9.18 Å². The van der Waals surface area contributed by atoms with E-state index < -0.39 is 5.82 Å². The number of amides is 1. The molecule has 0 spiro atoms. The number of hydrogen-bond acceptors (Lipinski definition) is 4. The number of benzene rings is 1. The molecule has 0 unspecified atom stereocenters. The molecule has 1 aliphatic rings. The third-order valence-corrected chi connectivity index (χ3v) is 6.47. The van der Waals surface area contributed by atoms with Gasteiger partial charge in [0.25, 0.3) is 5.91 Å². The lowest BCUT2D eigenvalue weighted by Crippen LogP contribution is -2.50. The van der Waals surface area contributed by atoms with Crippen molar-refractivity contribution in [2.24, 2.45) is 0 Å². The van der Waals surface area contributed by atoms with Gasteiger partial charge in [-0.25, -0.2) is 9.37 Å². The maximum absolute atomic E-state index is 14.3. The molecule has 4 nitrogen and oxygen atoms in total. The second-order valence-corrected chi connectivity index (χ2v) is 8.29. The van der Waals surface area contributed by atoms with Gasteiger partial charge >= 0.3 is 0 Å². The van der Waals surface area contributed by atoms with Crippen molar-refractivity contribution in [3.63, 3.8) is 0 Å². The Bertz CT molecular complexity index is 828. The van der Waals surface area contributed by atoms with Gasteiger partial charge in [0.05, 0.1) is 16.3 Å². The molecule has 0 N–H and O–H groups in total. The van der Waals surface area contributed by atoms with Crippen LogP contribution in [0.5, 0.6) is 0 Å². The van der Waals surface area contributed by atoms with Gasteiger partial charge in [-0.2, -0.15) is 0 Å². The van der Waals surface area contributed by atoms with E-state index in [1.165, 1.54) is 17.4 Å². The van der Waals surface area contributed by atoms with Gasteiger partial charge in [0, 0.05) is 32.2 Å². The summed E-state index contributed by atoms with van der Waals surface area (Å²) < 4.78 is 14.3. The van der Waals surface area contributed by atoms with Gasteiger partial charge in [-0.15, -0.1) is 11.3 Å². The Hall–Kier alpha value is -1.50. The number of aryl methyl sites for hydroxylation is 2. The van der Waals surface area contributed by atoms with Crippen LogP contribution in [0.4, 0.5) is 4.39 Å². The summed E-state index contributed by atoms with van der Waals surface area (Å²) in [5, 5.41) is 0.807. The lowest BCUT2D eigenvalue weighted by atomic mass is 10.1. The van der Waals surface area contributed by atoms with Gasteiger partial charge in [-0.05, 0) is 39.3 Å². The number of aromatic nitrogens is 1. The number of nitrogens with zero attached hydrogens (tertiary/aromatic N) is 3. The Morgan fingerprint density at radius 3 is 2.50 bits per heavy atom. The van der Waals surface area contributed by atoms with E-state index in [1.54, 1.807) is 13.0 Å². The van der Waals surface area contributed by atoms with Crippen molar-refractivity contribution in [3.05, 3.63) is 39.1 Å². The summed E-state index contributed by atoms with van der Waals surface area (Å²) in [5.41, 5.74) is 1.69. The number of carbonyl (C=O) groups is 1. The molecule has 3 rings (SSSR count). The van der Waals surface area contributed by atoms with E-state index >= 15 is 0 Å². The van der Waals surface area contributed by atoms with Crippen LogP contribution in [0.2, 0.25) is 5.02 Å². The minimum Gasteiger partial charge on any atom is -0.335 e. The molecule has 140 valence electrons. The fourth-order valence-corrected chi connectivity index (χ4v) is 4.53. The molecule has 1 aromatic heterocycles. The average molecular weight is 396 g/mol. The zero-order valence-corrected chi connectivity index (χ0v) is 17.0. The zero-order valence-electron chi connectivity index (χ0n) is 15.5. The number of rotatable bonds is 3. The van der Waals surface area contributed by atoms with Crippen LogP contribution in [0.3, 0.4) is 0 Å². The molecule has 26 heavy (non-hydrogen) atoms. The number of hydrogen-bond donors (Lipinski definition) is 0. The fourth-order valence-electron chi connectivity index (χ4n) is 3.14. The van der Waals surface area contributed by atoms with Crippen molar-refractivity contribution in [2.45, 2.75) is 33.7 Å². The number of thiazole rings is 1. The molecule has 1 amide bonds. The van der Waals surface area contributed by atoms with Crippen LogP contribution in [0, 0.1) is 19.7 Å². The van der Waals surface area contributed by atoms with Crippen LogP contribution in [-0.4, -0.2) is 52.9 Å². The summed E-state index contributed by atoms with van der Waals surface area (Å²) in [7, 11) is 0. The molecule has 0 aliphatic carbocycles. The summed E-state index contributed by atoms with van der Waals surface area (Å²) >= 11 is 7.51. The molecule has 0 atom stereocenters. The van der Waals surface area contributed by atoms with Crippen LogP contribution >= 0.6 is 22.9 Å². The Morgan fingerprint density at radius 2 is 1.88 bits per heavy atom. The van der Waals surface area contributed by atoms with Crippen molar-refractivity contribution >= 4 is 28.8 Å². The molecule has 1 fully saturated rings. The monoisotopic (exact) mass is 395 g/mol. The van der Waals surface area contributed by atoms with Gasteiger partial charge < -0.3 is 4.90 Å². The summed E-state index contributed by atoms with van der Waals surface area (Å²) in [6, 6.07) is 3.51. The lowest BCUT2D eigenvalue weighted by Gasteiger charge is -2.36. The second-order valence-electron chi connectivity index (χ2n) is 6.91. The highest BCUT2D eigenvalue weighted by molar-refractivity contribution is 7.17. The largest absolute Gasteiger partial charge is 0.335 e. The van der Waals surface area contributed by atoms with E-state index in [9.17, 15) is 9.18 Å². The van der Waals surface area contributed by atoms with Crippen molar-refractivity contribution in [3.8, 4) is 10.6 Å². The second kappa shape index (κ2) is 7.62. The Labute approximate surface area is 162 Å². The third-order valence-electron chi connectivity index (χ3n) is 4.82. The Morgan fingerprint density at radius 1 is 1.23 bits per heavy atom. The first-order chi connectivity index (χ1) is 12.3. The average Bonchev–Trinajstić information content (AvgIpc) is 2.99. The molecule has 7 heteroatoms. The summed E-state index contributed by atoms with van der Waals surface area (Å²) in [6.45, 7) is 11.1. The van der Waals surface area contributed by atoms with Crippen LogP contribution in [0.1, 0.15) is 34.8 Å². The molecule has 0 radical (unpaired) electrons. The molecular weight excluding hydrogens is 373 g/mol. The third kappa shape index (κ3) is 3.63. The highest BCUT2D eigenvalue weighted by Crippen LogP contribution is 2.37. The normalized spacial score (nSPS) is 15.7. The van der Waals surface area contributed by atoms with E-state index in [4.69, 9.17) is 11.6 Å². The van der Waals surface area contributed by atoms with Gasteiger partial charge in [-0.1, -0.05) is 17.7 Å². The smallest absolute Gasteiger partial charge is 0.265 e. The number of carbonyl (C=O) groups excluding carboxylic acids is 1. The van der Waals surface area contributed by atoms with Crippen LogP contribution in [-0.2, 0) is 0 Å². The van der Waals surface area contributed by atoms with Crippen molar-refractivity contribution in [1.82, 2.24) is 14.8 Å². The van der Waals surface area contributed by atoms with Gasteiger partial charge in [0.2, 0.25) is 0 Å². The molecule has 2 aromatic rings. The quantitative estimate of drug-likeness (QED) is 0.773. The molecule has 2 heterocycles. The van der Waals surface area contributed by atoms with Crippen LogP contribution in [0.25, 0.3) is 10.6 Å². The predicted molar refractivity (Wildman–Crippen MR) is 105 cm³/mol. The molecular formula is C19H23ClFN3OS. The first-order valence-electron chi connectivity index (χ1n) is 8.75. The van der Waals surface area contributed by atoms with Crippen molar-refractivity contribution in [2.75, 3.05) is 26.2 Å². The SMILES string of the molecule is Cc1ccc(F)c(-c2nc(C)c(C(=O)N3CCN(C(C)C)CC3)s2)c1Cl. The topological polar surface area (TPSA) is 36.4 Å². The maximum atomic E-state index is 14.3. The number of halogens is 2. The lowest BCUT2D eigenvalue weighted by molar-refractivity contribution is 0.0599. The first kappa shape index (κ1) is 19.3. The number of piperazine rings is 1. The summed E-state index contributed by atoms with van der Waals surface area (Å²) in [6.07, 6.45) is 0. The fraction of sp³-hybridized carbons (Fsp3) is 0.474. The van der Waals surface area contributed by atoms with Crippen LogP contribution < -0.4 is 0 Å². The van der Waals surface area contributed by atoms with Crippen molar-refractivity contribution in [1.29, 1.82) is 0 Å². The zero-order chi connectivity index (χ0) is 19.0. The molecule has 1 aliphatic heterocycles.